The molecule has 0 saturated carbocycles. The maximum atomic E-state index is 11.9. The van der Waals surface area contributed by atoms with Crippen LogP contribution in [0.3, 0.4) is 0 Å². The molecule has 21 heavy (non-hydrogen) atoms. The molecule has 1 aromatic carbocycles. The topological polar surface area (TPSA) is 140 Å². The maximum Gasteiger partial charge on any atom is 0.355 e. The van der Waals surface area contributed by atoms with Crippen LogP contribution in [0.25, 0.3) is 0 Å². The van der Waals surface area contributed by atoms with Gasteiger partial charge in [-0.05, 0) is 12.1 Å². The van der Waals surface area contributed by atoms with Gasteiger partial charge in [0, 0.05) is 0 Å². The molecule has 0 aliphatic rings. The van der Waals surface area contributed by atoms with Gasteiger partial charge in [0.2, 0.25) is 5.91 Å². The van der Waals surface area contributed by atoms with Gasteiger partial charge in [-0.25, -0.2) is 9.48 Å². The monoisotopic (exact) mass is 289 g/mol. The number of aromatic carboxylic acids is 1. The average molecular weight is 289 g/mol. The van der Waals surface area contributed by atoms with Gasteiger partial charge in [0.25, 0.3) is 5.91 Å². The Morgan fingerprint density at radius 3 is 2.67 bits per heavy atom. The van der Waals surface area contributed by atoms with Gasteiger partial charge >= 0.3 is 5.97 Å². The smallest absolute Gasteiger partial charge is 0.355 e. The lowest BCUT2D eigenvalue weighted by atomic mass is 10.1. The molecule has 1 heterocycles. The first-order chi connectivity index (χ1) is 9.99. The third kappa shape index (κ3) is 3.21. The molecular formula is C12H11N5O4. The number of hydrogen-bond acceptors (Lipinski definition) is 5. The van der Waals surface area contributed by atoms with Crippen molar-refractivity contribution in [2.45, 2.75) is 6.54 Å². The van der Waals surface area contributed by atoms with Crippen molar-refractivity contribution in [1.29, 1.82) is 0 Å². The molecule has 0 radical (unpaired) electrons. The molecule has 1 aromatic heterocycles. The minimum absolute atomic E-state index is 0.155. The highest BCUT2D eigenvalue weighted by Gasteiger charge is 2.15. The third-order valence-electron chi connectivity index (χ3n) is 2.60. The van der Waals surface area contributed by atoms with E-state index in [1.807, 2.05) is 0 Å². The summed E-state index contributed by atoms with van der Waals surface area (Å²) in [5.74, 6) is -2.49. The molecule has 0 atom stereocenters. The van der Waals surface area contributed by atoms with E-state index >= 15 is 0 Å². The number of nitrogens with zero attached hydrogens (tertiary/aromatic N) is 3. The zero-order valence-electron chi connectivity index (χ0n) is 10.7. The van der Waals surface area contributed by atoms with Crippen LogP contribution in [0, 0.1) is 0 Å². The Morgan fingerprint density at radius 2 is 2.00 bits per heavy atom. The number of aromatic nitrogens is 3. The molecule has 4 N–H and O–H groups in total. The number of anilines is 1. The number of nitrogens with two attached hydrogens (primary N) is 1. The minimum Gasteiger partial charge on any atom is -0.476 e. The Morgan fingerprint density at radius 1 is 1.29 bits per heavy atom. The Hall–Kier alpha value is -3.23. The number of hydrogen-bond donors (Lipinski definition) is 3. The van der Waals surface area contributed by atoms with Crippen LogP contribution in [-0.2, 0) is 11.3 Å². The number of nitrogens with one attached hydrogen (secondary N) is 1. The van der Waals surface area contributed by atoms with E-state index in [1.165, 1.54) is 12.1 Å². The van der Waals surface area contributed by atoms with E-state index in [2.05, 4.69) is 15.6 Å². The van der Waals surface area contributed by atoms with E-state index < -0.39 is 17.8 Å². The molecule has 0 aliphatic carbocycles. The van der Waals surface area contributed by atoms with Gasteiger partial charge in [-0.2, -0.15) is 0 Å². The Bertz CT molecular complexity index is 709. The Labute approximate surface area is 118 Å². The number of para-hydroxylation sites is 1. The van der Waals surface area contributed by atoms with Gasteiger partial charge in [-0.15, -0.1) is 5.10 Å². The minimum atomic E-state index is -1.25. The van der Waals surface area contributed by atoms with E-state index in [0.717, 1.165) is 10.9 Å². The number of carbonyl (C=O) groups is 3. The van der Waals surface area contributed by atoms with Crippen LogP contribution < -0.4 is 11.1 Å². The van der Waals surface area contributed by atoms with Crippen LogP contribution in [0.15, 0.2) is 30.5 Å². The maximum absolute atomic E-state index is 11.9. The summed E-state index contributed by atoms with van der Waals surface area (Å²) in [7, 11) is 0. The molecule has 0 fully saturated rings. The third-order valence-corrected chi connectivity index (χ3v) is 2.60. The van der Waals surface area contributed by atoms with Crippen molar-refractivity contribution in [2.75, 3.05) is 5.32 Å². The lowest BCUT2D eigenvalue weighted by Crippen LogP contribution is -2.24. The van der Waals surface area contributed by atoms with Crippen molar-refractivity contribution in [3.63, 3.8) is 0 Å². The molecule has 2 aromatic rings. The van der Waals surface area contributed by atoms with Crippen LogP contribution in [0.5, 0.6) is 0 Å². The molecule has 0 unspecified atom stereocenters. The number of carboxylic acids is 1. The Balaban J connectivity index is 2.14. The zero-order chi connectivity index (χ0) is 15.4. The van der Waals surface area contributed by atoms with Crippen LogP contribution in [0.2, 0.25) is 0 Å². The van der Waals surface area contributed by atoms with E-state index in [1.54, 1.807) is 12.1 Å². The van der Waals surface area contributed by atoms with Crippen molar-refractivity contribution in [1.82, 2.24) is 15.0 Å². The van der Waals surface area contributed by atoms with Crippen LogP contribution in [0.1, 0.15) is 20.8 Å². The number of rotatable bonds is 5. The number of carbonyl (C=O) groups excluding carboxylic acids is 2. The highest BCUT2D eigenvalue weighted by molar-refractivity contribution is 6.03. The lowest BCUT2D eigenvalue weighted by molar-refractivity contribution is -0.116. The van der Waals surface area contributed by atoms with Gasteiger partial charge < -0.3 is 16.2 Å². The molecule has 9 nitrogen and oxygen atoms in total. The Kier molecular flexibility index (Phi) is 3.93. The molecule has 0 aliphatic heterocycles. The second-order valence-electron chi connectivity index (χ2n) is 4.04. The summed E-state index contributed by atoms with van der Waals surface area (Å²) in [6.45, 7) is -0.352. The van der Waals surface area contributed by atoms with Gasteiger partial charge in [0.15, 0.2) is 5.69 Å². The quantitative estimate of drug-likeness (QED) is 0.691. The highest BCUT2D eigenvalue weighted by Crippen LogP contribution is 2.14. The predicted octanol–water partition coefficient (Wildman–Crippen LogP) is -0.286. The molecule has 108 valence electrons. The summed E-state index contributed by atoms with van der Waals surface area (Å²) in [5.41, 5.74) is 5.38. The van der Waals surface area contributed by atoms with Crippen LogP contribution in [-0.4, -0.2) is 37.9 Å². The van der Waals surface area contributed by atoms with Gasteiger partial charge in [0.05, 0.1) is 17.4 Å². The fraction of sp³-hybridized carbons (Fsp3) is 0.0833. The summed E-state index contributed by atoms with van der Waals surface area (Å²) in [6, 6.07) is 6.21. The normalized spacial score (nSPS) is 10.1. The summed E-state index contributed by atoms with van der Waals surface area (Å²) in [6.07, 6.45) is 1.03. The van der Waals surface area contributed by atoms with Gasteiger partial charge in [0.1, 0.15) is 6.54 Å². The van der Waals surface area contributed by atoms with Crippen LogP contribution >= 0.6 is 0 Å². The lowest BCUT2D eigenvalue weighted by Gasteiger charge is -2.09. The van der Waals surface area contributed by atoms with Crippen molar-refractivity contribution in [3.05, 3.63) is 41.7 Å². The largest absolute Gasteiger partial charge is 0.476 e. The second-order valence-corrected chi connectivity index (χ2v) is 4.04. The average Bonchev–Trinajstić information content (AvgIpc) is 2.87. The molecule has 9 heteroatoms. The predicted molar refractivity (Wildman–Crippen MR) is 70.6 cm³/mol. The molecule has 0 saturated heterocycles. The van der Waals surface area contributed by atoms with E-state index in [0.29, 0.717) is 0 Å². The first kappa shape index (κ1) is 14.2. The van der Waals surface area contributed by atoms with Crippen molar-refractivity contribution < 1.29 is 19.5 Å². The van der Waals surface area contributed by atoms with Gasteiger partial charge in [-0.1, -0.05) is 17.3 Å². The fourth-order valence-electron chi connectivity index (χ4n) is 1.67. The summed E-state index contributed by atoms with van der Waals surface area (Å²) < 4.78 is 0.935. The van der Waals surface area contributed by atoms with E-state index in [9.17, 15) is 14.4 Å². The van der Waals surface area contributed by atoms with E-state index in [4.69, 9.17) is 10.8 Å². The number of amides is 2. The summed E-state index contributed by atoms with van der Waals surface area (Å²) >= 11 is 0. The van der Waals surface area contributed by atoms with Crippen LogP contribution in [0.4, 0.5) is 5.69 Å². The summed E-state index contributed by atoms with van der Waals surface area (Å²) in [4.78, 5) is 34.0. The highest BCUT2D eigenvalue weighted by atomic mass is 16.4. The SMILES string of the molecule is NC(=O)c1ccccc1NC(=O)Cn1nncc1C(=O)O. The molecule has 2 rings (SSSR count). The number of benzene rings is 1. The first-order valence-electron chi connectivity index (χ1n) is 5.79. The van der Waals surface area contributed by atoms with Crippen molar-refractivity contribution in [3.8, 4) is 0 Å². The van der Waals surface area contributed by atoms with Crippen molar-refractivity contribution in [2.24, 2.45) is 5.73 Å². The fourth-order valence-corrected chi connectivity index (χ4v) is 1.67. The zero-order valence-corrected chi connectivity index (χ0v) is 10.7. The molecular weight excluding hydrogens is 278 g/mol. The standard InChI is InChI=1S/C12H11N5O4/c13-11(19)7-3-1-2-4-8(7)15-10(18)6-17-9(12(20)21)5-14-16-17/h1-5H,6H2,(H2,13,19)(H,15,18)(H,20,21). The molecule has 0 bridgehead atoms. The second kappa shape index (κ2) is 5.82. The van der Waals surface area contributed by atoms with Gasteiger partial charge in [-0.3, -0.25) is 9.59 Å². The first-order valence-corrected chi connectivity index (χ1v) is 5.79. The number of primary amides is 1. The summed E-state index contributed by atoms with van der Waals surface area (Å²) in [5, 5.41) is 18.3. The number of carboxylic acid groups (broad SMARTS) is 1. The van der Waals surface area contributed by atoms with E-state index in [-0.39, 0.29) is 23.5 Å². The van der Waals surface area contributed by atoms with Crippen molar-refractivity contribution >= 4 is 23.5 Å². The molecule has 2 amide bonds. The molecule has 0 spiro atoms.